The fourth-order valence-electron chi connectivity index (χ4n) is 2.99. The number of carbonyl (C=O) groups is 3. The summed E-state index contributed by atoms with van der Waals surface area (Å²) < 4.78 is 0. The molecular formula is C18H22N4O3. The van der Waals surface area contributed by atoms with Crippen molar-refractivity contribution < 1.29 is 14.4 Å². The van der Waals surface area contributed by atoms with Gasteiger partial charge in [-0.1, -0.05) is 42.5 Å². The van der Waals surface area contributed by atoms with Gasteiger partial charge in [0.2, 0.25) is 5.91 Å². The molecule has 1 atom stereocenters. The minimum absolute atomic E-state index is 0.0193. The van der Waals surface area contributed by atoms with Crippen molar-refractivity contribution in [3.8, 4) is 0 Å². The normalized spacial score (nSPS) is 21.4. The van der Waals surface area contributed by atoms with Crippen molar-refractivity contribution in [1.82, 2.24) is 20.4 Å². The SMILES string of the molecule is O=C1NC(=O)[C@@H](CC(=O)N2CCN(C/C=C/c3ccccc3)CC2)N1. The third kappa shape index (κ3) is 4.67. The molecule has 25 heavy (non-hydrogen) atoms. The van der Waals surface area contributed by atoms with Crippen LogP contribution in [0.25, 0.3) is 6.08 Å². The molecule has 3 rings (SSSR count). The summed E-state index contributed by atoms with van der Waals surface area (Å²) in [6.07, 6.45) is 4.25. The first-order chi connectivity index (χ1) is 12.1. The van der Waals surface area contributed by atoms with Crippen molar-refractivity contribution in [2.24, 2.45) is 0 Å². The van der Waals surface area contributed by atoms with Crippen LogP contribution in [0.15, 0.2) is 36.4 Å². The Morgan fingerprint density at radius 3 is 2.48 bits per heavy atom. The van der Waals surface area contributed by atoms with Gasteiger partial charge < -0.3 is 10.2 Å². The summed E-state index contributed by atoms with van der Waals surface area (Å²) in [6.45, 7) is 3.72. The maximum absolute atomic E-state index is 12.3. The number of carbonyl (C=O) groups excluding carboxylic acids is 3. The van der Waals surface area contributed by atoms with Crippen molar-refractivity contribution in [2.75, 3.05) is 32.7 Å². The van der Waals surface area contributed by atoms with Gasteiger partial charge in [-0.05, 0) is 5.56 Å². The molecule has 4 amide bonds. The lowest BCUT2D eigenvalue weighted by Gasteiger charge is -2.34. The Morgan fingerprint density at radius 2 is 1.84 bits per heavy atom. The Morgan fingerprint density at radius 1 is 1.12 bits per heavy atom. The zero-order valence-corrected chi connectivity index (χ0v) is 14.0. The number of imide groups is 1. The van der Waals surface area contributed by atoms with Crippen LogP contribution < -0.4 is 10.6 Å². The summed E-state index contributed by atoms with van der Waals surface area (Å²) in [4.78, 5) is 38.9. The fourth-order valence-corrected chi connectivity index (χ4v) is 2.99. The molecule has 0 saturated carbocycles. The standard InChI is InChI=1S/C18H22N4O3/c23-16(13-15-17(24)20-18(25)19-15)22-11-9-21(10-12-22)8-4-7-14-5-2-1-3-6-14/h1-7,15H,8-13H2,(H2,19,20,24,25)/b7-4+/t15-/m1/s1. The Labute approximate surface area is 146 Å². The highest BCUT2D eigenvalue weighted by atomic mass is 16.2. The van der Waals surface area contributed by atoms with Crippen LogP contribution >= 0.6 is 0 Å². The minimum Gasteiger partial charge on any atom is -0.340 e. The summed E-state index contributed by atoms with van der Waals surface area (Å²) in [5, 5.41) is 4.60. The maximum atomic E-state index is 12.3. The molecule has 2 aliphatic heterocycles. The van der Waals surface area contributed by atoms with Gasteiger partial charge in [-0.3, -0.25) is 19.8 Å². The van der Waals surface area contributed by atoms with E-state index in [4.69, 9.17) is 0 Å². The molecule has 7 heteroatoms. The summed E-state index contributed by atoms with van der Waals surface area (Å²) in [7, 11) is 0. The number of hydrogen-bond acceptors (Lipinski definition) is 4. The molecule has 2 heterocycles. The van der Waals surface area contributed by atoms with Gasteiger partial charge in [0.25, 0.3) is 5.91 Å². The topological polar surface area (TPSA) is 81.8 Å². The average molecular weight is 342 g/mol. The molecule has 0 unspecified atom stereocenters. The second kappa shape index (κ2) is 7.94. The Bertz CT molecular complexity index is 666. The second-order valence-corrected chi connectivity index (χ2v) is 6.21. The van der Waals surface area contributed by atoms with E-state index in [2.05, 4.69) is 39.8 Å². The largest absolute Gasteiger partial charge is 0.340 e. The van der Waals surface area contributed by atoms with Crippen LogP contribution in [0.3, 0.4) is 0 Å². The highest BCUT2D eigenvalue weighted by Gasteiger charge is 2.33. The molecule has 132 valence electrons. The van der Waals surface area contributed by atoms with Gasteiger partial charge in [0.05, 0.1) is 6.42 Å². The highest BCUT2D eigenvalue weighted by molar-refractivity contribution is 6.05. The molecule has 0 bridgehead atoms. The fraction of sp³-hybridized carbons (Fsp3) is 0.389. The number of piperazine rings is 1. The van der Waals surface area contributed by atoms with Crippen molar-refractivity contribution in [1.29, 1.82) is 0 Å². The first-order valence-corrected chi connectivity index (χ1v) is 8.45. The lowest BCUT2D eigenvalue weighted by atomic mass is 10.1. The third-order valence-electron chi connectivity index (χ3n) is 4.44. The number of hydrogen-bond donors (Lipinski definition) is 2. The van der Waals surface area contributed by atoms with Crippen LogP contribution in [0.5, 0.6) is 0 Å². The number of urea groups is 1. The predicted octanol–water partition coefficient (Wildman–Crippen LogP) is 0.442. The zero-order chi connectivity index (χ0) is 17.6. The van der Waals surface area contributed by atoms with Gasteiger partial charge >= 0.3 is 6.03 Å². The molecule has 2 saturated heterocycles. The number of rotatable bonds is 5. The lowest BCUT2D eigenvalue weighted by Crippen LogP contribution is -2.50. The molecule has 7 nitrogen and oxygen atoms in total. The maximum Gasteiger partial charge on any atom is 0.322 e. The van der Waals surface area contributed by atoms with Crippen LogP contribution in [0.4, 0.5) is 4.79 Å². The highest BCUT2D eigenvalue weighted by Crippen LogP contribution is 2.08. The smallest absolute Gasteiger partial charge is 0.322 e. The van der Waals surface area contributed by atoms with Gasteiger partial charge in [0.1, 0.15) is 6.04 Å². The van der Waals surface area contributed by atoms with Gasteiger partial charge in [0.15, 0.2) is 0 Å². The van der Waals surface area contributed by atoms with Gasteiger partial charge in [0, 0.05) is 32.7 Å². The first kappa shape index (κ1) is 17.2. The zero-order valence-electron chi connectivity index (χ0n) is 14.0. The van der Waals surface area contributed by atoms with E-state index in [1.54, 1.807) is 4.90 Å². The number of benzene rings is 1. The predicted molar refractivity (Wildman–Crippen MR) is 93.6 cm³/mol. The summed E-state index contributed by atoms with van der Waals surface area (Å²) >= 11 is 0. The molecule has 0 aromatic heterocycles. The molecule has 0 aliphatic carbocycles. The van der Waals surface area contributed by atoms with Crippen LogP contribution in [0, 0.1) is 0 Å². The molecule has 2 N–H and O–H groups in total. The van der Waals surface area contributed by atoms with Gasteiger partial charge in [-0.25, -0.2) is 4.79 Å². The van der Waals surface area contributed by atoms with E-state index in [9.17, 15) is 14.4 Å². The Hall–Kier alpha value is -2.67. The van der Waals surface area contributed by atoms with Crippen molar-refractivity contribution in [3.05, 3.63) is 42.0 Å². The van der Waals surface area contributed by atoms with E-state index in [1.165, 1.54) is 5.56 Å². The summed E-state index contributed by atoms with van der Waals surface area (Å²) in [6, 6.07) is 8.86. The van der Waals surface area contributed by atoms with Crippen LogP contribution in [0.1, 0.15) is 12.0 Å². The number of nitrogens with one attached hydrogen (secondary N) is 2. The monoisotopic (exact) mass is 342 g/mol. The molecule has 1 aromatic carbocycles. The van der Waals surface area contributed by atoms with E-state index >= 15 is 0 Å². The average Bonchev–Trinajstić information content (AvgIpc) is 2.93. The van der Waals surface area contributed by atoms with E-state index < -0.39 is 18.0 Å². The van der Waals surface area contributed by atoms with E-state index in [0.29, 0.717) is 13.1 Å². The van der Waals surface area contributed by atoms with Crippen LogP contribution in [-0.2, 0) is 9.59 Å². The van der Waals surface area contributed by atoms with E-state index in [-0.39, 0.29) is 12.3 Å². The van der Waals surface area contributed by atoms with Crippen molar-refractivity contribution in [2.45, 2.75) is 12.5 Å². The third-order valence-corrected chi connectivity index (χ3v) is 4.44. The molecular weight excluding hydrogens is 320 g/mol. The Kier molecular flexibility index (Phi) is 5.45. The van der Waals surface area contributed by atoms with Gasteiger partial charge in [-0.15, -0.1) is 0 Å². The van der Waals surface area contributed by atoms with Crippen molar-refractivity contribution >= 4 is 23.9 Å². The first-order valence-electron chi connectivity index (χ1n) is 8.45. The lowest BCUT2D eigenvalue weighted by molar-refractivity contribution is -0.135. The van der Waals surface area contributed by atoms with Crippen molar-refractivity contribution in [3.63, 3.8) is 0 Å². The van der Waals surface area contributed by atoms with Crippen LogP contribution in [0.2, 0.25) is 0 Å². The molecule has 2 fully saturated rings. The van der Waals surface area contributed by atoms with Crippen LogP contribution in [-0.4, -0.2) is 66.4 Å². The molecule has 1 aromatic rings. The molecule has 2 aliphatic rings. The number of amides is 4. The minimum atomic E-state index is -0.744. The van der Waals surface area contributed by atoms with Gasteiger partial charge in [-0.2, -0.15) is 0 Å². The second-order valence-electron chi connectivity index (χ2n) is 6.21. The molecule has 0 radical (unpaired) electrons. The summed E-state index contributed by atoms with van der Waals surface area (Å²) in [5.41, 5.74) is 1.17. The number of nitrogens with zero attached hydrogens (tertiary/aromatic N) is 2. The van der Waals surface area contributed by atoms with E-state index in [0.717, 1.165) is 19.6 Å². The quantitative estimate of drug-likeness (QED) is 0.761. The Balaban J connectivity index is 1.41. The molecule has 0 spiro atoms. The van der Waals surface area contributed by atoms with E-state index in [1.807, 2.05) is 18.2 Å². The summed E-state index contributed by atoms with van der Waals surface area (Å²) in [5.74, 6) is -0.523.